The van der Waals surface area contributed by atoms with E-state index in [1.165, 1.54) is 13.1 Å². The van der Waals surface area contributed by atoms with Gasteiger partial charge in [-0.1, -0.05) is 11.6 Å². The van der Waals surface area contributed by atoms with Gasteiger partial charge in [0, 0.05) is 12.1 Å². The van der Waals surface area contributed by atoms with Crippen LogP contribution in [0.4, 0.5) is 19.0 Å². The molecule has 0 aliphatic carbocycles. The zero-order valence-corrected chi connectivity index (χ0v) is 12.1. The summed E-state index contributed by atoms with van der Waals surface area (Å²) in [6, 6.07) is 3.78. The molecule has 11 heteroatoms. The largest absolute Gasteiger partial charge is 0.471 e. The Morgan fingerprint density at radius 2 is 2.13 bits per heavy atom. The molecule has 0 radical (unpaired) electrons. The molecule has 1 aliphatic heterocycles. The number of nitrogens with one attached hydrogen (secondary N) is 1. The molecular weight excluding hydrogens is 339 g/mol. The summed E-state index contributed by atoms with van der Waals surface area (Å²) in [5.41, 5.74) is 0.788. The van der Waals surface area contributed by atoms with Crippen LogP contribution in [-0.4, -0.2) is 35.1 Å². The Hall–Kier alpha value is -2.62. The third kappa shape index (κ3) is 2.97. The molecule has 3 rings (SSSR count). The normalized spacial score (nSPS) is 14.7. The van der Waals surface area contributed by atoms with E-state index in [0.717, 1.165) is 5.01 Å². The number of alkyl halides is 3. The summed E-state index contributed by atoms with van der Waals surface area (Å²) in [6.45, 7) is 0. The van der Waals surface area contributed by atoms with E-state index in [0.29, 0.717) is 16.1 Å². The number of aromatic nitrogens is 2. The molecule has 1 amide bonds. The van der Waals surface area contributed by atoms with Gasteiger partial charge in [0.2, 0.25) is 5.82 Å². The molecule has 1 N–H and O–H groups in total. The van der Waals surface area contributed by atoms with Crippen LogP contribution in [-0.2, 0) is 4.79 Å². The zero-order chi connectivity index (χ0) is 17.6. The molecule has 0 bridgehead atoms. The fourth-order valence-corrected chi connectivity index (χ4v) is 1.93. The van der Waals surface area contributed by atoms with Gasteiger partial charge in [-0.3, -0.25) is 10.1 Å². The van der Waals surface area contributed by atoms with Gasteiger partial charge in [0.05, 0.1) is 11.0 Å². The molecule has 0 spiro atoms. The van der Waals surface area contributed by atoms with Crippen molar-refractivity contribution in [1.29, 1.82) is 0 Å². The van der Waals surface area contributed by atoms with E-state index in [-0.39, 0.29) is 11.7 Å². The van der Waals surface area contributed by atoms with Crippen LogP contribution < -0.4 is 15.1 Å². The van der Waals surface area contributed by atoms with Crippen LogP contribution in [0.15, 0.2) is 23.3 Å². The first-order valence-corrected chi connectivity index (χ1v) is 6.42. The fourth-order valence-electron chi connectivity index (χ4n) is 1.76. The van der Waals surface area contributed by atoms with Crippen LogP contribution in [0.3, 0.4) is 0 Å². The van der Waals surface area contributed by atoms with Gasteiger partial charge in [-0.15, -0.1) is 5.10 Å². The van der Waals surface area contributed by atoms with Crippen LogP contribution in [0.2, 0.25) is 6.43 Å². The van der Waals surface area contributed by atoms with Crippen LogP contribution in [0, 0.1) is 0 Å². The molecule has 0 saturated heterocycles. The summed E-state index contributed by atoms with van der Waals surface area (Å²) in [4.78, 5) is 19.4. The minimum Gasteiger partial charge on any atom is -0.401 e. The number of hydrogen-bond acceptors (Lipinski definition) is 6. The predicted molar refractivity (Wildman–Crippen MR) is 75.2 cm³/mol. The number of amidine groups is 1. The third-order valence-corrected chi connectivity index (χ3v) is 2.98. The first-order chi connectivity index (χ1) is 11.2. The summed E-state index contributed by atoms with van der Waals surface area (Å²) in [5, 5.41) is 4.54. The van der Waals surface area contributed by atoms with E-state index >= 15 is 0 Å². The van der Waals surface area contributed by atoms with Gasteiger partial charge in [0.1, 0.15) is 0 Å². The minimum absolute atomic E-state index is 0.112. The molecule has 2 heterocycles. The number of anilines is 1. The van der Waals surface area contributed by atoms with E-state index in [4.69, 9.17) is 17.7 Å². The quantitative estimate of drug-likeness (QED) is 0.790. The molecule has 1 aliphatic rings. The highest BCUT2D eigenvalue weighted by Crippen LogP contribution is 2.30. The van der Waals surface area contributed by atoms with Gasteiger partial charge in [-0.05, 0) is 18.2 Å². The smallest absolute Gasteiger partial charge is 0.401 e. The SMILES string of the molecule is [2H]N(C(=O)C(F)(F)F)C1=NN(C)c2nc3ccc(Cl)cc3nc2O1. The Kier molecular flexibility index (Phi) is 3.18. The van der Waals surface area contributed by atoms with Crippen molar-refractivity contribution in [3.63, 3.8) is 0 Å². The van der Waals surface area contributed by atoms with Crippen LogP contribution in [0.5, 0.6) is 5.88 Å². The van der Waals surface area contributed by atoms with Crippen molar-refractivity contribution < 1.29 is 24.1 Å². The van der Waals surface area contributed by atoms with Crippen molar-refractivity contribution in [2.45, 2.75) is 6.18 Å². The molecule has 0 fully saturated rings. The van der Waals surface area contributed by atoms with Crippen molar-refractivity contribution in [2.24, 2.45) is 5.10 Å². The number of benzene rings is 1. The molecule has 23 heavy (non-hydrogen) atoms. The topological polar surface area (TPSA) is 79.7 Å². The van der Waals surface area contributed by atoms with E-state index in [1.54, 1.807) is 12.1 Å². The number of rotatable bonds is 0. The fraction of sp³-hybridized carbons (Fsp3) is 0.167. The summed E-state index contributed by atoms with van der Waals surface area (Å²) >= 11 is 5.85. The van der Waals surface area contributed by atoms with Crippen LogP contribution in [0.1, 0.15) is 0 Å². The molecule has 1 aromatic heterocycles. The number of carbonyl (C=O) groups is 1. The maximum atomic E-state index is 12.4. The molecular formula is C12H7ClF3N5O2. The number of hydrogen-bond donors (Lipinski definition) is 1. The second kappa shape index (κ2) is 5.23. The summed E-state index contributed by atoms with van der Waals surface area (Å²) in [7, 11) is 1.36. The Morgan fingerprint density at radius 1 is 1.39 bits per heavy atom. The Labute approximate surface area is 133 Å². The number of carbonyl (C=O) groups excluding carboxylic acids is 1. The molecule has 1 aromatic carbocycles. The van der Waals surface area contributed by atoms with Gasteiger partial charge in [0.15, 0.2) is 1.41 Å². The maximum Gasteiger partial charge on any atom is 0.471 e. The average molecular weight is 347 g/mol. The minimum atomic E-state index is -5.24. The highest BCUT2D eigenvalue weighted by atomic mass is 35.5. The monoisotopic (exact) mass is 346 g/mol. The molecule has 0 atom stereocenters. The van der Waals surface area contributed by atoms with E-state index < -0.39 is 23.4 Å². The second-order valence-corrected chi connectivity index (χ2v) is 4.84. The first kappa shape index (κ1) is 14.0. The summed E-state index contributed by atoms with van der Waals surface area (Å²) < 4.78 is 49.6. The van der Waals surface area contributed by atoms with E-state index in [9.17, 15) is 18.0 Å². The molecule has 0 saturated carbocycles. The predicted octanol–water partition coefficient (Wildman–Crippen LogP) is 2.06. The Bertz CT molecular complexity index is 876. The van der Waals surface area contributed by atoms with Gasteiger partial charge in [-0.2, -0.15) is 13.2 Å². The average Bonchev–Trinajstić information content (AvgIpc) is 2.50. The van der Waals surface area contributed by atoms with Crippen molar-refractivity contribution in [2.75, 3.05) is 12.1 Å². The van der Waals surface area contributed by atoms with Crippen molar-refractivity contribution in [3.05, 3.63) is 23.2 Å². The van der Waals surface area contributed by atoms with Gasteiger partial charge < -0.3 is 4.74 Å². The van der Waals surface area contributed by atoms with Gasteiger partial charge in [-0.25, -0.2) is 15.0 Å². The lowest BCUT2D eigenvalue weighted by molar-refractivity contribution is -0.172. The Morgan fingerprint density at radius 3 is 2.83 bits per heavy atom. The standard InChI is InChI=1S/C12H7ClF3N5O2/c1-21-8-9(18-7-4-5(13)2-3-6(7)17-8)23-11(20-21)19-10(22)12(14,15)16/h2-4H,1H3,(H,19,20,22)/i/hD. The van der Waals surface area contributed by atoms with Gasteiger partial charge in [0.25, 0.3) is 5.88 Å². The summed E-state index contributed by atoms with van der Waals surface area (Å²) in [5.74, 6) is -2.54. The van der Waals surface area contributed by atoms with Gasteiger partial charge >= 0.3 is 18.1 Å². The van der Waals surface area contributed by atoms with Crippen molar-refractivity contribution in [1.82, 2.24) is 15.3 Å². The molecule has 0 unspecified atom stereocenters. The lowest BCUT2D eigenvalue weighted by atomic mass is 10.3. The number of ether oxygens (including phenoxy) is 1. The highest BCUT2D eigenvalue weighted by Gasteiger charge is 2.40. The van der Waals surface area contributed by atoms with Crippen LogP contribution >= 0.6 is 11.6 Å². The highest BCUT2D eigenvalue weighted by molar-refractivity contribution is 6.31. The van der Waals surface area contributed by atoms with Crippen molar-refractivity contribution >= 4 is 40.4 Å². The first-order valence-electron chi connectivity index (χ1n) is 6.49. The third-order valence-electron chi connectivity index (χ3n) is 2.75. The summed E-state index contributed by atoms with van der Waals surface area (Å²) in [6.07, 6.45) is -5.24. The lowest BCUT2D eigenvalue weighted by Gasteiger charge is -2.22. The lowest BCUT2D eigenvalue weighted by Crippen LogP contribution is -2.45. The molecule has 2 aromatic rings. The zero-order valence-electron chi connectivity index (χ0n) is 12.3. The number of nitrogens with zero attached hydrogens (tertiary/aromatic N) is 4. The number of fused-ring (bicyclic) bond motifs is 2. The number of hydrazone groups is 1. The Balaban J connectivity index is 2.00. The van der Waals surface area contributed by atoms with E-state index in [1.807, 2.05) is 0 Å². The molecule has 7 nitrogen and oxygen atoms in total. The molecule has 120 valence electrons. The van der Waals surface area contributed by atoms with Crippen LogP contribution in [0.25, 0.3) is 11.0 Å². The number of halogens is 4. The van der Waals surface area contributed by atoms with Crippen molar-refractivity contribution in [3.8, 4) is 5.88 Å². The maximum absolute atomic E-state index is 12.4. The second-order valence-electron chi connectivity index (χ2n) is 4.41. The number of amides is 1. The van der Waals surface area contributed by atoms with E-state index in [2.05, 4.69) is 15.1 Å².